The van der Waals surface area contributed by atoms with E-state index in [4.69, 9.17) is 4.74 Å². The molecular weight excluding hydrogens is 300 g/mol. The Kier molecular flexibility index (Phi) is 4.70. The van der Waals surface area contributed by atoms with E-state index in [0.717, 1.165) is 0 Å². The Morgan fingerprint density at radius 3 is 2.39 bits per heavy atom. The standard InChI is InChI=1S/C16H16N2O5/c1-9(10-7-8-13(23-2)15(21)14(10)20)17-18-16(22)11-5-3-4-6-12(11)19/h3-8,19-21H,1-2H3,(H,18,22)/b17-9+. The summed E-state index contributed by atoms with van der Waals surface area (Å²) < 4.78 is 4.88. The molecule has 1 amide bonds. The minimum Gasteiger partial charge on any atom is -0.507 e. The molecule has 2 rings (SSSR count). The van der Waals surface area contributed by atoms with E-state index < -0.39 is 17.4 Å². The van der Waals surface area contributed by atoms with E-state index in [-0.39, 0.29) is 28.3 Å². The number of para-hydroxylation sites is 1. The number of hydrazone groups is 1. The molecule has 7 nitrogen and oxygen atoms in total. The number of phenols is 3. The van der Waals surface area contributed by atoms with Crippen LogP contribution in [-0.2, 0) is 0 Å². The highest BCUT2D eigenvalue weighted by Crippen LogP contribution is 2.37. The molecule has 0 spiro atoms. The summed E-state index contributed by atoms with van der Waals surface area (Å²) in [5, 5.41) is 33.2. The average Bonchev–Trinajstić information content (AvgIpc) is 2.55. The van der Waals surface area contributed by atoms with E-state index in [1.807, 2.05) is 0 Å². The fraction of sp³-hybridized carbons (Fsp3) is 0.125. The van der Waals surface area contributed by atoms with E-state index in [0.29, 0.717) is 0 Å². The molecule has 0 saturated carbocycles. The van der Waals surface area contributed by atoms with Crippen molar-refractivity contribution in [1.82, 2.24) is 5.43 Å². The van der Waals surface area contributed by atoms with Crippen LogP contribution in [0.3, 0.4) is 0 Å². The van der Waals surface area contributed by atoms with Gasteiger partial charge in [-0.15, -0.1) is 0 Å². The van der Waals surface area contributed by atoms with E-state index in [1.165, 1.54) is 31.4 Å². The van der Waals surface area contributed by atoms with Crippen molar-refractivity contribution in [1.29, 1.82) is 0 Å². The predicted molar refractivity (Wildman–Crippen MR) is 84.1 cm³/mol. The second kappa shape index (κ2) is 6.69. The third-order valence-electron chi connectivity index (χ3n) is 3.20. The number of carbonyl (C=O) groups is 1. The lowest BCUT2D eigenvalue weighted by molar-refractivity contribution is 0.0952. The SMILES string of the molecule is COc1ccc(/C(C)=N/NC(=O)c2ccccc2O)c(O)c1O. The Bertz CT molecular complexity index is 771. The molecule has 23 heavy (non-hydrogen) atoms. The first-order valence-corrected chi connectivity index (χ1v) is 6.67. The van der Waals surface area contributed by atoms with Crippen LogP contribution in [0, 0.1) is 0 Å². The minimum absolute atomic E-state index is 0.0749. The molecule has 0 aliphatic heterocycles. The average molecular weight is 316 g/mol. The molecule has 7 heteroatoms. The Morgan fingerprint density at radius 2 is 1.74 bits per heavy atom. The molecule has 2 aromatic carbocycles. The number of nitrogens with one attached hydrogen (secondary N) is 1. The van der Waals surface area contributed by atoms with Crippen LogP contribution in [0.2, 0.25) is 0 Å². The second-order valence-corrected chi connectivity index (χ2v) is 4.67. The van der Waals surface area contributed by atoms with Gasteiger partial charge in [-0.05, 0) is 31.2 Å². The molecule has 0 saturated heterocycles. The maximum atomic E-state index is 11.9. The Hall–Kier alpha value is -3.22. The summed E-state index contributed by atoms with van der Waals surface area (Å²) in [6.07, 6.45) is 0. The van der Waals surface area contributed by atoms with Crippen LogP contribution in [-0.4, -0.2) is 34.0 Å². The molecule has 0 aromatic heterocycles. The predicted octanol–water partition coefficient (Wildman–Crippen LogP) is 1.97. The van der Waals surface area contributed by atoms with Gasteiger partial charge in [0, 0.05) is 5.56 Å². The smallest absolute Gasteiger partial charge is 0.275 e. The molecule has 0 bridgehead atoms. The number of hydrogen-bond acceptors (Lipinski definition) is 6. The number of amides is 1. The van der Waals surface area contributed by atoms with Gasteiger partial charge in [-0.25, -0.2) is 5.43 Å². The summed E-state index contributed by atoms with van der Waals surface area (Å²) in [6, 6.07) is 9.01. The summed E-state index contributed by atoms with van der Waals surface area (Å²) in [5.41, 5.74) is 2.86. The van der Waals surface area contributed by atoms with Crippen LogP contribution in [0.15, 0.2) is 41.5 Å². The van der Waals surface area contributed by atoms with Crippen molar-refractivity contribution >= 4 is 11.6 Å². The number of methoxy groups -OCH3 is 1. The van der Waals surface area contributed by atoms with Gasteiger partial charge in [0.05, 0.1) is 18.4 Å². The number of nitrogens with zero attached hydrogens (tertiary/aromatic N) is 1. The van der Waals surface area contributed by atoms with Crippen molar-refractivity contribution in [2.75, 3.05) is 7.11 Å². The van der Waals surface area contributed by atoms with E-state index in [1.54, 1.807) is 19.1 Å². The highest BCUT2D eigenvalue weighted by atomic mass is 16.5. The molecule has 0 radical (unpaired) electrons. The van der Waals surface area contributed by atoms with Crippen molar-refractivity contribution in [3.05, 3.63) is 47.5 Å². The molecule has 0 aliphatic carbocycles. The molecule has 120 valence electrons. The van der Waals surface area contributed by atoms with Crippen molar-refractivity contribution in [3.63, 3.8) is 0 Å². The van der Waals surface area contributed by atoms with Gasteiger partial charge < -0.3 is 20.1 Å². The van der Waals surface area contributed by atoms with Crippen LogP contribution in [0.4, 0.5) is 0 Å². The summed E-state index contributed by atoms with van der Waals surface area (Å²) in [7, 11) is 1.36. The monoisotopic (exact) mass is 316 g/mol. The lowest BCUT2D eigenvalue weighted by Crippen LogP contribution is -2.19. The van der Waals surface area contributed by atoms with Gasteiger partial charge in [0.25, 0.3) is 5.91 Å². The van der Waals surface area contributed by atoms with Crippen LogP contribution in [0.5, 0.6) is 23.0 Å². The lowest BCUT2D eigenvalue weighted by atomic mass is 10.1. The number of ether oxygens (including phenoxy) is 1. The normalized spacial score (nSPS) is 11.1. The molecule has 2 aromatic rings. The first-order chi connectivity index (χ1) is 11.0. The molecule has 0 atom stereocenters. The summed E-state index contributed by atoms with van der Waals surface area (Å²) in [6.45, 7) is 1.55. The molecule has 0 heterocycles. The number of phenolic OH excluding ortho intramolecular Hbond substituents is 3. The fourth-order valence-corrected chi connectivity index (χ4v) is 1.94. The Labute approximate surface area is 132 Å². The molecule has 0 aliphatic rings. The van der Waals surface area contributed by atoms with E-state index in [9.17, 15) is 20.1 Å². The first-order valence-electron chi connectivity index (χ1n) is 6.67. The van der Waals surface area contributed by atoms with Crippen LogP contribution >= 0.6 is 0 Å². The summed E-state index contributed by atoms with van der Waals surface area (Å²) in [5.74, 6) is -1.45. The fourth-order valence-electron chi connectivity index (χ4n) is 1.94. The lowest BCUT2D eigenvalue weighted by Gasteiger charge is -2.10. The van der Waals surface area contributed by atoms with Crippen LogP contribution in [0.25, 0.3) is 0 Å². The zero-order valence-corrected chi connectivity index (χ0v) is 12.6. The first kappa shape index (κ1) is 16.2. The van der Waals surface area contributed by atoms with E-state index in [2.05, 4.69) is 10.5 Å². The number of benzene rings is 2. The summed E-state index contributed by atoms with van der Waals surface area (Å²) >= 11 is 0. The third kappa shape index (κ3) is 3.34. The van der Waals surface area contributed by atoms with Gasteiger partial charge in [0.1, 0.15) is 5.75 Å². The van der Waals surface area contributed by atoms with Gasteiger partial charge in [-0.2, -0.15) is 5.10 Å². The maximum Gasteiger partial charge on any atom is 0.275 e. The zero-order chi connectivity index (χ0) is 17.0. The van der Waals surface area contributed by atoms with Crippen LogP contribution in [0.1, 0.15) is 22.8 Å². The summed E-state index contributed by atoms with van der Waals surface area (Å²) in [4.78, 5) is 11.9. The number of aromatic hydroxyl groups is 3. The highest BCUT2D eigenvalue weighted by Gasteiger charge is 2.15. The maximum absolute atomic E-state index is 11.9. The molecule has 4 N–H and O–H groups in total. The molecular formula is C16H16N2O5. The van der Waals surface area contributed by atoms with E-state index >= 15 is 0 Å². The zero-order valence-electron chi connectivity index (χ0n) is 12.6. The van der Waals surface area contributed by atoms with Crippen molar-refractivity contribution in [2.45, 2.75) is 6.92 Å². The van der Waals surface area contributed by atoms with Gasteiger partial charge >= 0.3 is 0 Å². The highest BCUT2D eigenvalue weighted by molar-refractivity contribution is 6.03. The number of hydrogen-bond donors (Lipinski definition) is 4. The number of rotatable bonds is 4. The van der Waals surface area contributed by atoms with Gasteiger partial charge in [0.15, 0.2) is 11.5 Å². The quantitative estimate of drug-likeness (QED) is 0.391. The van der Waals surface area contributed by atoms with Gasteiger partial charge in [-0.3, -0.25) is 4.79 Å². The Balaban J connectivity index is 2.23. The second-order valence-electron chi connectivity index (χ2n) is 4.67. The minimum atomic E-state index is -0.598. The molecule has 0 unspecified atom stereocenters. The Morgan fingerprint density at radius 1 is 1.04 bits per heavy atom. The third-order valence-corrected chi connectivity index (χ3v) is 3.20. The van der Waals surface area contributed by atoms with Crippen molar-refractivity contribution in [2.24, 2.45) is 5.10 Å². The largest absolute Gasteiger partial charge is 0.507 e. The van der Waals surface area contributed by atoms with Gasteiger partial charge in [0.2, 0.25) is 5.75 Å². The van der Waals surface area contributed by atoms with Crippen molar-refractivity contribution < 1.29 is 24.9 Å². The van der Waals surface area contributed by atoms with Crippen molar-refractivity contribution in [3.8, 4) is 23.0 Å². The molecule has 0 fully saturated rings. The topological polar surface area (TPSA) is 111 Å². The van der Waals surface area contributed by atoms with Gasteiger partial charge in [-0.1, -0.05) is 12.1 Å². The van der Waals surface area contributed by atoms with Crippen LogP contribution < -0.4 is 10.2 Å². The number of carbonyl (C=O) groups excluding carboxylic acids is 1.